The number of aliphatic hydroxyl groups excluding tert-OH is 1. The maximum Gasteiger partial charge on any atom is 0.0628 e. The van der Waals surface area contributed by atoms with E-state index >= 15 is 0 Å². The van der Waals surface area contributed by atoms with Crippen molar-refractivity contribution in [1.82, 2.24) is 0 Å². The minimum atomic E-state index is -0.144. The number of hydrogen-bond acceptors (Lipinski definition) is 1. The highest BCUT2D eigenvalue weighted by molar-refractivity contribution is 4.96. The molecular weight excluding hydrogens is 112 g/mol. The van der Waals surface area contributed by atoms with Crippen LogP contribution >= 0.6 is 0 Å². The van der Waals surface area contributed by atoms with Gasteiger partial charge in [-0.2, -0.15) is 0 Å². The molecule has 1 aliphatic carbocycles. The van der Waals surface area contributed by atoms with E-state index in [-0.39, 0.29) is 11.5 Å². The van der Waals surface area contributed by atoms with Crippen LogP contribution in [0.2, 0.25) is 0 Å². The molecule has 1 nitrogen and oxygen atoms in total. The van der Waals surface area contributed by atoms with E-state index in [9.17, 15) is 5.11 Å². The first-order valence-corrected chi connectivity index (χ1v) is 3.48. The Morgan fingerprint density at radius 1 is 1.78 bits per heavy atom. The smallest absolute Gasteiger partial charge is 0.0628 e. The summed E-state index contributed by atoms with van der Waals surface area (Å²) < 4.78 is 0. The van der Waals surface area contributed by atoms with Crippen molar-refractivity contribution in [3.05, 3.63) is 12.7 Å². The fourth-order valence-corrected chi connectivity index (χ4v) is 0.973. The lowest BCUT2D eigenvalue weighted by Gasteiger charge is -2.14. The highest BCUT2D eigenvalue weighted by Gasteiger charge is 2.43. The van der Waals surface area contributed by atoms with Gasteiger partial charge in [0.1, 0.15) is 0 Å². The van der Waals surface area contributed by atoms with Crippen LogP contribution in [0.15, 0.2) is 12.7 Å². The van der Waals surface area contributed by atoms with Gasteiger partial charge >= 0.3 is 0 Å². The second kappa shape index (κ2) is 2.14. The Morgan fingerprint density at radius 2 is 2.33 bits per heavy atom. The molecule has 0 aromatic rings. The Balaban J connectivity index is 2.32. The molecule has 52 valence electrons. The van der Waals surface area contributed by atoms with Crippen LogP contribution in [0.4, 0.5) is 0 Å². The lowest BCUT2D eigenvalue weighted by atomic mass is 9.99. The molecule has 9 heavy (non-hydrogen) atoms. The van der Waals surface area contributed by atoms with Crippen molar-refractivity contribution in [2.45, 2.75) is 32.3 Å². The molecule has 0 aromatic heterocycles. The third-order valence-electron chi connectivity index (χ3n) is 2.23. The summed E-state index contributed by atoms with van der Waals surface area (Å²) in [5.41, 5.74) is 0.244. The van der Waals surface area contributed by atoms with Gasteiger partial charge in [-0.15, -0.1) is 6.58 Å². The Kier molecular flexibility index (Phi) is 1.62. The lowest BCUT2D eigenvalue weighted by Crippen LogP contribution is -2.17. The molecule has 0 radical (unpaired) electrons. The predicted octanol–water partition coefficient (Wildman–Crippen LogP) is 1.72. The fraction of sp³-hybridized carbons (Fsp3) is 0.750. The summed E-state index contributed by atoms with van der Waals surface area (Å²) >= 11 is 0. The van der Waals surface area contributed by atoms with Gasteiger partial charge in [0.05, 0.1) is 6.10 Å². The standard InChI is InChI=1S/C8H14O/c1-3-4-7(9)8(2)5-6-8/h3,7,9H,1,4-6H2,2H3/t7-/m0/s1. The van der Waals surface area contributed by atoms with Crippen molar-refractivity contribution < 1.29 is 5.11 Å². The topological polar surface area (TPSA) is 20.2 Å². The molecule has 0 bridgehead atoms. The molecule has 0 aliphatic heterocycles. The normalized spacial score (nSPS) is 25.1. The molecule has 1 fully saturated rings. The van der Waals surface area contributed by atoms with E-state index in [1.807, 2.05) is 0 Å². The number of rotatable bonds is 3. The van der Waals surface area contributed by atoms with Crippen LogP contribution in [0.3, 0.4) is 0 Å². The Hall–Kier alpha value is -0.300. The molecule has 1 aliphatic rings. The summed E-state index contributed by atoms with van der Waals surface area (Å²) in [4.78, 5) is 0. The molecule has 0 saturated heterocycles. The monoisotopic (exact) mass is 126 g/mol. The van der Waals surface area contributed by atoms with Crippen LogP contribution < -0.4 is 0 Å². The number of aliphatic hydroxyl groups is 1. The Bertz CT molecular complexity index is 114. The average molecular weight is 126 g/mol. The van der Waals surface area contributed by atoms with Gasteiger partial charge in [-0.25, -0.2) is 0 Å². The Morgan fingerprint density at radius 3 is 2.67 bits per heavy atom. The van der Waals surface area contributed by atoms with Crippen molar-refractivity contribution in [2.24, 2.45) is 5.41 Å². The molecule has 0 aromatic carbocycles. The molecular formula is C8H14O. The van der Waals surface area contributed by atoms with Gasteiger partial charge in [0.25, 0.3) is 0 Å². The van der Waals surface area contributed by atoms with Gasteiger partial charge in [-0.1, -0.05) is 13.0 Å². The molecule has 0 amide bonds. The third-order valence-corrected chi connectivity index (χ3v) is 2.23. The summed E-state index contributed by atoms with van der Waals surface area (Å²) in [7, 11) is 0. The zero-order valence-corrected chi connectivity index (χ0v) is 5.93. The van der Waals surface area contributed by atoms with Crippen molar-refractivity contribution in [1.29, 1.82) is 0 Å². The second-order valence-corrected chi connectivity index (χ2v) is 3.19. The lowest BCUT2D eigenvalue weighted by molar-refractivity contribution is 0.106. The summed E-state index contributed by atoms with van der Waals surface area (Å²) in [6.45, 7) is 5.71. The fourth-order valence-electron chi connectivity index (χ4n) is 0.973. The summed E-state index contributed by atoms with van der Waals surface area (Å²) in [6, 6.07) is 0. The van der Waals surface area contributed by atoms with E-state index in [1.54, 1.807) is 6.08 Å². The van der Waals surface area contributed by atoms with E-state index in [4.69, 9.17) is 0 Å². The average Bonchev–Trinajstić information content (AvgIpc) is 2.50. The summed E-state index contributed by atoms with van der Waals surface area (Å²) in [5.74, 6) is 0. The molecule has 1 atom stereocenters. The van der Waals surface area contributed by atoms with Crippen molar-refractivity contribution >= 4 is 0 Å². The van der Waals surface area contributed by atoms with E-state index in [0.29, 0.717) is 0 Å². The van der Waals surface area contributed by atoms with E-state index in [0.717, 1.165) is 6.42 Å². The molecule has 0 unspecified atom stereocenters. The van der Waals surface area contributed by atoms with Crippen LogP contribution in [-0.2, 0) is 0 Å². The molecule has 1 saturated carbocycles. The van der Waals surface area contributed by atoms with Crippen molar-refractivity contribution in [2.75, 3.05) is 0 Å². The molecule has 1 heteroatoms. The van der Waals surface area contributed by atoms with Gasteiger partial charge < -0.3 is 5.11 Å². The van der Waals surface area contributed by atoms with Crippen LogP contribution in [0, 0.1) is 5.41 Å². The van der Waals surface area contributed by atoms with Crippen LogP contribution in [0.25, 0.3) is 0 Å². The van der Waals surface area contributed by atoms with E-state index in [2.05, 4.69) is 13.5 Å². The largest absolute Gasteiger partial charge is 0.392 e. The van der Waals surface area contributed by atoms with Gasteiger partial charge in [0.15, 0.2) is 0 Å². The first kappa shape index (κ1) is 6.81. The highest BCUT2D eigenvalue weighted by atomic mass is 16.3. The van der Waals surface area contributed by atoms with Crippen LogP contribution in [0.5, 0.6) is 0 Å². The molecule has 1 rings (SSSR count). The van der Waals surface area contributed by atoms with Crippen molar-refractivity contribution in [3.8, 4) is 0 Å². The first-order valence-electron chi connectivity index (χ1n) is 3.48. The van der Waals surface area contributed by atoms with Crippen LogP contribution in [0.1, 0.15) is 26.2 Å². The zero-order valence-electron chi connectivity index (χ0n) is 5.93. The molecule has 1 N–H and O–H groups in total. The van der Waals surface area contributed by atoms with Gasteiger partial charge in [-0.3, -0.25) is 0 Å². The molecule has 0 heterocycles. The van der Waals surface area contributed by atoms with Gasteiger partial charge in [0.2, 0.25) is 0 Å². The summed E-state index contributed by atoms with van der Waals surface area (Å²) in [6.07, 6.45) is 4.75. The van der Waals surface area contributed by atoms with Gasteiger partial charge in [-0.05, 0) is 24.7 Å². The van der Waals surface area contributed by atoms with E-state index in [1.165, 1.54) is 12.8 Å². The van der Waals surface area contributed by atoms with Crippen LogP contribution in [-0.4, -0.2) is 11.2 Å². The third kappa shape index (κ3) is 1.33. The van der Waals surface area contributed by atoms with E-state index < -0.39 is 0 Å². The highest BCUT2D eigenvalue weighted by Crippen LogP contribution is 2.48. The number of hydrogen-bond donors (Lipinski definition) is 1. The zero-order chi connectivity index (χ0) is 6.91. The summed E-state index contributed by atoms with van der Waals surface area (Å²) in [5, 5.41) is 9.38. The Labute approximate surface area is 56.4 Å². The van der Waals surface area contributed by atoms with Gasteiger partial charge in [0, 0.05) is 0 Å². The maximum absolute atomic E-state index is 9.38. The maximum atomic E-state index is 9.38. The second-order valence-electron chi connectivity index (χ2n) is 3.19. The SMILES string of the molecule is C=CC[C@H](O)C1(C)CC1. The van der Waals surface area contributed by atoms with Crippen molar-refractivity contribution in [3.63, 3.8) is 0 Å². The minimum Gasteiger partial charge on any atom is -0.392 e. The predicted molar refractivity (Wildman–Crippen MR) is 38.2 cm³/mol. The quantitative estimate of drug-likeness (QED) is 0.571. The minimum absolute atomic E-state index is 0.144. The molecule has 0 spiro atoms. The first-order chi connectivity index (χ1) is 4.19.